The standard InChI is InChI=1S/C20H16BrFN2O4S/c1-28-19-10-8-15(12-18(19)23-20(25)13-5-3-2-4-6-13)29(26,27)24-17-9-7-14(21)11-16(17)22/h2-12,24H,1H3,(H,23,25). The van der Waals surface area contributed by atoms with E-state index < -0.39 is 21.7 Å². The number of hydrogen-bond acceptors (Lipinski definition) is 4. The molecule has 3 aromatic rings. The van der Waals surface area contributed by atoms with Gasteiger partial charge in [0.25, 0.3) is 15.9 Å². The molecule has 0 fully saturated rings. The number of hydrogen-bond donors (Lipinski definition) is 2. The molecule has 0 radical (unpaired) electrons. The molecule has 0 bridgehead atoms. The Bertz CT molecular complexity index is 1150. The van der Waals surface area contributed by atoms with Gasteiger partial charge in [-0.2, -0.15) is 0 Å². The Balaban J connectivity index is 1.91. The summed E-state index contributed by atoms with van der Waals surface area (Å²) in [4.78, 5) is 12.3. The molecule has 0 unspecified atom stereocenters. The van der Waals surface area contributed by atoms with E-state index in [4.69, 9.17) is 4.74 Å². The third-order valence-electron chi connectivity index (χ3n) is 3.94. The Morgan fingerprint density at radius 3 is 2.38 bits per heavy atom. The second-order valence-electron chi connectivity index (χ2n) is 5.91. The van der Waals surface area contributed by atoms with E-state index in [1.165, 1.54) is 37.4 Å². The van der Waals surface area contributed by atoms with Crippen molar-refractivity contribution in [2.24, 2.45) is 0 Å². The van der Waals surface area contributed by atoms with Gasteiger partial charge < -0.3 is 10.1 Å². The molecule has 1 amide bonds. The quantitative estimate of drug-likeness (QED) is 0.539. The number of nitrogens with one attached hydrogen (secondary N) is 2. The highest BCUT2D eigenvalue weighted by atomic mass is 79.9. The van der Waals surface area contributed by atoms with E-state index in [0.717, 1.165) is 6.07 Å². The molecular formula is C20H16BrFN2O4S. The van der Waals surface area contributed by atoms with Gasteiger partial charge in [-0.1, -0.05) is 34.1 Å². The summed E-state index contributed by atoms with van der Waals surface area (Å²) < 4.78 is 47.3. The average molecular weight is 479 g/mol. The molecule has 0 heterocycles. The Morgan fingerprint density at radius 1 is 1.00 bits per heavy atom. The van der Waals surface area contributed by atoms with E-state index >= 15 is 0 Å². The lowest BCUT2D eigenvalue weighted by Gasteiger charge is -2.14. The number of carbonyl (C=O) groups excluding carboxylic acids is 1. The summed E-state index contributed by atoms with van der Waals surface area (Å²) in [5.74, 6) is -0.873. The highest BCUT2D eigenvalue weighted by Crippen LogP contribution is 2.29. The SMILES string of the molecule is COc1ccc(S(=O)(=O)Nc2ccc(Br)cc2F)cc1NC(=O)c1ccccc1. The van der Waals surface area contributed by atoms with Gasteiger partial charge in [-0.3, -0.25) is 9.52 Å². The van der Waals surface area contributed by atoms with Gasteiger partial charge in [0.15, 0.2) is 0 Å². The fraction of sp³-hybridized carbons (Fsp3) is 0.0500. The first-order valence-electron chi connectivity index (χ1n) is 8.32. The summed E-state index contributed by atoms with van der Waals surface area (Å²) in [5, 5.41) is 2.64. The van der Waals surface area contributed by atoms with Crippen LogP contribution in [0.2, 0.25) is 0 Å². The van der Waals surface area contributed by atoms with Crippen LogP contribution in [0, 0.1) is 5.82 Å². The first-order valence-corrected chi connectivity index (χ1v) is 10.6. The van der Waals surface area contributed by atoms with Crippen molar-refractivity contribution in [3.63, 3.8) is 0 Å². The van der Waals surface area contributed by atoms with Crippen LogP contribution in [0.3, 0.4) is 0 Å². The van der Waals surface area contributed by atoms with E-state index in [9.17, 15) is 17.6 Å². The fourth-order valence-electron chi connectivity index (χ4n) is 2.51. The fourth-order valence-corrected chi connectivity index (χ4v) is 3.94. The maximum atomic E-state index is 14.0. The Kier molecular flexibility index (Phi) is 6.19. The summed E-state index contributed by atoms with van der Waals surface area (Å²) in [5.41, 5.74) is 0.372. The van der Waals surface area contributed by atoms with Crippen molar-refractivity contribution in [1.29, 1.82) is 0 Å². The first-order chi connectivity index (χ1) is 13.8. The highest BCUT2D eigenvalue weighted by Gasteiger charge is 2.19. The minimum atomic E-state index is -4.11. The smallest absolute Gasteiger partial charge is 0.262 e. The summed E-state index contributed by atoms with van der Waals surface area (Å²) in [6.07, 6.45) is 0. The monoisotopic (exact) mass is 478 g/mol. The molecule has 0 aliphatic heterocycles. The number of rotatable bonds is 6. The lowest BCUT2D eigenvalue weighted by molar-refractivity contribution is 0.102. The zero-order valence-electron chi connectivity index (χ0n) is 15.1. The third kappa shape index (κ3) is 4.93. The third-order valence-corrected chi connectivity index (χ3v) is 5.80. The molecule has 9 heteroatoms. The number of amides is 1. The maximum Gasteiger partial charge on any atom is 0.262 e. The predicted molar refractivity (Wildman–Crippen MR) is 112 cm³/mol. The van der Waals surface area contributed by atoms with Crippen LogP contribution in [0.5, 0.6) is 5.75 Å². The van der Waals surface area contributed by atoms with E-state index in [2.05, 4.69) is 26.0 Å². The number of halogens is 2. The lowest BCUT2D eigenvalue weighted by atomic mass is 10.2. The molecule has 3 rings (SSSR count). The van der Waals surface area contributed by atoms with Gasteiger partial charge in [0.05, 0.1) is 23.4 Å². The summed E-state index contributed by atoms with van der Waals surface area (Å²) in [7, 11) is -2.71. The average Bonchev–Trinajstić information content (AvgIpc) is 2.70. The van der Waals surface area contributed by atoms with Gasteiger partial charge in [-0.25, -0.2) is 12.8 Å². The highest BCUT2D eigenvalue weighted by molar-refractivity contribution is 9.10. The first kappa shape index (κ1) is 20.8. The zero-order valence-corrected chi connectivity index (χ0v) is 17.6. The maximum absolute atomic E-state index is 14.0. The van der Waals surface area contributed by atoms with Crippen LogP contribution in [0.1, 0.15) is 10.4 Å². The number of carbonyl (C=O) groups is 1. The van der Waals surface area contributed by atoms with E-state index in [-0.39, 0.29) is 22.0 Å². The largest absolute Gasteiger partial charge is 0.495 e. The van der Waals surface area contributed by atoms with Crippen LogP contribution in [-0.2, 0) is 10.0 Å². The second kappa shape index (κ2) is 8.62. The van der Waals surface area contributed by atoms with Crippen LogP contribution < -0.4 is 14.8 Å². The van der Waals surface area contributed by atoms with Crippen LogP contribution in [0.4, 0.5) is 15.8 Å². The van der Waals surface area contributed by atoms with Crippen molar-refractivity contribution in [2.75, 3.05) is 17.1 Å². The van der Waals surface area contributed by atoms with Gasteiger partial charge in [-0.05, 0) is 48.5 Å². The molecule has 0 aromatic heterocycles. The predicted octanol–water partition coefficient (Wildman–Crippen LogP) is 4.65. The molecule has 0 saturated heterocycles. The molecule has 0 saturated carbocycles. The molecular weight excluding hydrogens is 463 g/mol. The van der Waals surface area contributed by atoms with Crippen molar-refractivity contribution in [1.82, 2.24) is 0 Å². The molecule has 3 aromatic carbocycles. The minimum Gasteiger partial charge on any atom is -0.495 e. The normalized spacial score (nSPS) is 11.0. The molecule has 0 spiro atoms. The number of methoxy groups -OCH3 is 1. The van der Waals surface area contributed by atoms with Gasteiger partial charge in [-0.15, -0.1) is 0 Å². The van der Waals surface area contributed by atoms with Crippen molar-refractivity contribution in [3.05, 3.63) is 82.6 Å². The van der Waals surface area contributed by atoms with Gasteiger partial charge in [0.1, 0.15) is 11.6 Å². The molecule has 0 aliphatic carbocycles. The number of benzene rings is 3. The molecule has 6 nitrogen and oxygen atoms in total. The van der Waals surface area contributed by atoms with E-state index in [0.29, 0.717) is 10.0 Å². The van der Waals surface area contributed by atoms with Crippen LogP contribution in [0.25, 0.3) is 0 Å². The Labute approximate surface area is 175 Å². The van der Waals surface area contributed by atoms with Crippen molar-refractivity contribution >= 4 is 43.2 Å². The molecule has 29 heavy (non-hydrogen) atoms. The van der Waals surface area contributed by atoms with E-state index in [1.807, 2.05) is 0 Å². The minimum absolute atomic E-state index is 0.163. The van der Waals surface area contributed by atoms with Crippen molar-refractivity contribution in [3.8, 4) is 5.75 Å². The summed E-state index contributed by atoms with van der Waals surface area (Å²) in [6, 6.07) is 16.4. The molecule has 150 valence electrons. The van der Waals surface area contributed by atoms with Crippen LogP contribution >= 0.6 is 15.9 Å². The number of anilines is 2. The second-order valence-corrected chi connectivity index (χ2v) is 8.51. The van der Waals surface area contributed by atoms with Crippen LogP contribution in [0.15, 0.2) is 76.1 Å². The topological polar surface area (TPSA) is 84.5 Å². The van der Waals surface area contributed by atoms with Gasteiger partial charge in [0, 0.05) is 10.0 Å². The van der Waals surface area contributed by atoms with Gasteiger partial charge >= 0.3 is 0 Å². The van der Waals surface area contributed by atoms with Crippen molar-refractivity contribution in [2.45, 2.75) is 4.90 Å². The molecule has 2 N–H and O–H groups in total. The van der Waals surface area contributed by atoms with E-state index in [1.54, 1.807) is 30.3 Å². The van der Waals surface area contributed by atoms with Crippen molar-refractivity contribution < 1.29 is 22.3 Å². The van der Waals surface area contributed by atoms with Crippen LogP contribution in [-0.4, -0.2) is 21.4 Å². The Hall–Kier alpha value is -2.91. The zero-order chi connectivity index (χ0) is 21.0. The molecule has 0 aliphatic rings. The van der Waals surface area contributed by atoms with Gasteiger partial charge in [0.2, 0.25) is 0 Å². The number of ether oxygens (including phenoxy) is 1. The lowest BCUT2D eigenvalue weighted by Crippen LogP contribution is -2.16. The summed E-state index contributed by atoms with van der Waals surface area (Å²) in [6.45, 7) is 0. The number of sulfonamides is 1. The Morgan fingerprint density at radius 2 is 1.72 bits per heavy atom. The summed E-state index contributed by atoms with van der Waals surface area (Å²) >= 11 is 3.12. The molecule has 0 atom stereocenters.